The smallest absolute Gasteiger partial charge is 0.319 e. The van der Waals surface area contributed by atoms with Gasteiger partial charge in [-0.3, -0.25) is 4.90 Å². The Hall–Kier alpha value is -2.17. The second kappa shape index (κ2) is 5.65. The standard InChI is InChI=1S/C11H13N3O2/c1-2-7-14(11(12)15)10-5-3-9(4-6-10)8-13-16/h2-6H,1,7-8H2,(H2,12,15). The summed E-state index contributed by atoms with van der Waals surface area (Å²) in [5, 5.41) is 2.78. The van der Waals surface area contributed by atoms with Gasteiger partial charge in [0.15, 0.2) is 0 Å². The van der Waals surface area contributed by atoms with E-state index < -0.39 is 6.03 Å². The van der Waals surface area contributed by atoms with Gasteiger partial charge in [0, 0.05) is 12.2 Å². The molecule has 0 unspecified atom stereocenters. The summed E-state index contributed by atoms with van der Waals surface area (Å²) in [6.07, 6.45) is 1.59. The first kappa shape index (κ1) is 11.9. The third-order valence-electron chi connectivity index (χ3n) is 2.07. The van der Waals surface area contributed by atoms with Gasteiger partial charge in [0.25, 0.3) is 0 Å². The normalized spacial score (nSPS) is 9.50. The van der Waals surface area contributed by atoms with Crippen molar-refractivity contribution in [2.45, 2.75) is 6.54 Å². The number of hydrogen-bond acceptors (Lipinski definition) is 3. The molecule has 0 aliphatic rings. The van der Waals surface area contributed by atoms with E-state index in [0.717, 1.165) is 5.56 Å². The number of primary amides is 1. The van der Waals surface area contributed by atoms with Crippen LogP contribution in [0.15, 0.2) is 42.1 Å². The fourth-order valence-corrected chi connectivity index (χ4v) is 1.31. The van der Waals surface area contributed by atoms with Crippen LogP contribution in [0.5, 0.6) is 0 Å². The van der Waals surface area contributed by atoms with Crippen LogP contribution in [0.1, 0.15) is 5.56 Å². The number of urea groups is 1. The van der Waals surface area contributed by atoms with E-state index in [1.165, 1.54) is 4.90 Å². The third-order valence-corrected chi connectivity index (χ3v) is 2.07. The van der Waals surface area contributed by atoms with Crippen molar-refractivity contribution >= 4 is 11.7 Å². The number of carbonyl (C=O) groups is 1. The van der Waals surface area contributed by atoms with E-state index in [1.807, 2.05) is 0 Å². The Morgan fingerprint density at radius 3 is 2.50 bits per heavy atom. The molecule has 0 radical (unpaired) electrons. The molecule has 0 fully saturated rings. The number of anilines is 1. The molecule has 1 aromatic rings. The van der Waals surface area contributed by atoms with Gasteiger partial charge in [-0.15, -0.1) is 6.58 Å². The number of hydrogen-bond donors (Lipinski definition) is 1. The molecular formula is C11H13N3O2. The Labute approximate surface area is 93.5 Å². The molecule has 0 aliphatic carbocycles. The van der Waals surface area contributed by atoms with Crippen LogP contribution in [-0.4, -0.2) is 12.6 Å². The van der Waals surface area contributed by atoms with Gasteiger partial charge < -0.3 is 5.73 Å². The molecular weight excluding hydrogens is 206 g/mol. The molecule has 0 saturated heterocycles. The number of amides is 2. The molecule has 2 N–H and O–H groups in total. The molecule has 5 heteroatoms. The second-order valence-electron chi connectivity index (χ2n) is 3.19. The number of nitroso groups, excluding NO2 is 1. The van der Waals surface area contributed by atoms with Crippen molar-refractivity contribution in [2.24, 2.45) is 10.9 Å². The minimum atomic E-state index is -0.541. The lowest BCUT2D eigenvalue weighted by Crippen LogP contribution is -2.35. The van der Waals surface area contributed by atoms with E-state index in [0.29, 0.717) is 12.2 Å². The SMILES string of the molecule is C=CCN(C(N)=O)c1ccc(CN=O)cc1. The maximum Gasteiger partial charge on any atom is 0.319 e. The van der Waals surface area contributed by atoms with Gasteiger partial charge in [0.1, 0.15) is 6.54 Å². The van der Waals surface area contributed by atoms with E-state index >= 15 is 0 Å². The van der Waals surface area contributed by atoms with Crippen LogP contribution in [0.3, 0.4) is 0 Å². The topological polar surface area (TPSA) is 75.8 Å². The van der Waals surface area contributed by atoms with Gasteiger partial charge in [0.05, 0.1) is 0 Å². The molecule has 0 saturated carbocycles. The van der Waals surface area contributed by atoms with Crippen molar-refractivity contribution in [2.75, 3.05) is 11.4 Å². The van der Waals surface area contributed by atoms with E-state index in [-0.39, 0.29) is 6.54 Å². The van der Waals surface area contributed by atoms with Crippen LogP contribution in [0.4, 0.5) is 10.5 Å². The molecule has 0 bridgehead atoms. The maximum absolute atomic E-state index is 11.1. The number of rotatable bonds is 5. The number of nitrogens with two attached hydrogens (primary N) is 1. The number of nitrogens with zero attached hydrogens (tertiary/aromatic N) is 2. The highest BCUT2D eigenvalue weighted by atomic mass is 16.3. The van der Waals surface area contributed by atoms with Gasteiger partial charge in [0.2, 0.25) is 0 Å². The zero-order valence-electron chi connectivity index (χ0n) is 8.80. The highest BCUT2D eigenvalue weighted by molar-refractivity contribution is 5.90. The van der Waals surface area contributed by atoms with E-state index in [4.69, 9.17) is 5.73 Å². The van der Waals surface area contributed by atoms with Crippen LogP contribution < -0.4 is 10.6 Å². The van der Waals surface area contributed by atoms with Crippen molar-refractivity contribution in [3.8, 4) is 0 Å². The summed E-state index contributed by atoms with van der Waals surface area (Å²) in [5.74, 6) is 0. The van der Waals surface area contributed by atoms with Gasteiger partial charge in [-0.05, 0) is 17.7 Å². The fraction of sp³-hybridized carbons (Fsp3) is 0.182. The maximum atomic E-state index is 11.1. The second-order valence-corrected chi connectivity index (χ2v) is 3.19. The Balaban J connectivity index is 2.88. The van der Waals surface area contributed by atoms with Gasteiger partial charge >= 0.3 is 6.03 Å². The van der Waals surface area contributed by atoms with Crippen LogP contribution >= 0.6 is 0 Å². The molecule has 0 atom stereocenters. The lowest BCUT2D eigenvalue weighted by Gasteiger charge is -2.18. The fourth-order valence-electron chi connectivity index (χ4n) is 1.31. The summed E-state index contributed by atoms with van der Waals surface area (Å²) >= 11 is 0. The van der Waals surface area contributed by atoms with Crippen LogP contribution in [-0.2, 0) is 6.54 Å². The molecule has 1 aromatic carbocycles. The largest absolute Gasteiger partial charge is 0.351 e. The van der Waals surface area contributed by atoms with Crippen molar-refractivity contribution in [3.05, 3.63) is 47.4 Å². The Morgan fingerprint density at radius 1 is 1.44 bits per heavy atom. The lowest BCUT2D eigenvalue weighted by atomic mass is 10.2. The van der Waals surface area contributed by atoms with Crippen molar-refractivity contribution in [1.82, 2.24) is 0 Å². The van der Waals surface area contributed by atoms with Gasteiger partial charge in [-0.1, -0.05) is 23.4 Å². The molecule has 84 valence electrons. The van der Waals surface area contributed by atoms with Gasteiger partial charge in [-0.25, -0.2) is 4.79 Å². The van der Waals surface area contributed by atoms with Crippen molar-refractivity contribution in [3.63, 3.8) is 0 Å². The lowest BCUT2D eigenvalue weighted by molar-refractivity contribution is 0.254. The summed E-state index contributed by atoms with van der Waals surface area (Å²) < 4.78 is 0. The zero-order chi connectivity index (χ0) is 12.0. The minimum absolute atomic E-state index is 0.123. The summed E-state index contributed by atoms with van der Waals surface area (Å²) in [6.45, 7) is 4.02. The first-order valence-corrected chi connectivity index (χ1v) is 4.75. The van der Waals surface area contributed by atoms with Crippen LogP contribution in [0, 0.1) is 4.91 Å². The molecule has 5 nitrogen and oxygen atoms in total. The quantitative estimate of drug-likeness (QED) is 0.607. The minimum Gasteiger partial charge on any atom is -0.351 e. The average Bonchev–Trinajstić information content (AvgIpc) is 2.27. The average molecular weight is 219 g/mol. The summed E-state index contributed by atoms with van der Waals surface area (Å²) in [6, 6.07) is 6.36. The summed E-state index contributed by atoms with van der Waals surface area (Å²) in [7, 11) is 0. The summed E-state index contributed by atoms with van der Waals surface area (Å²) in [5.41, 5.74) is 6.68. The predicted octanol–water partition coefficient (Wildman–Crippen LogP) is 2.02. The Morgan fingerprint density at radius 2 is 2.06 bits per heavy atom. The first-order valence-electron chi connectivity index (χ1n) is 4.75. The molecule has 1 rings (SSSR count). The predicted molar refractivity (Wildman–Crippen MR) is 63.1 cm³/mol. The molecule has 0 spiro atoms. The Kier molecular flexibility index (Phi) is 4.20. The molecule has 0 heterocycles. The summed E-state index contributed by atoms with van der Waals surface area (Å²) in [4.78, 5) is 22.6. The van der Waals surface area contributed by atoms with E-state index in [9.17, 15) is 9.70 Å². The first-order chi connectivity index (χ1) is 7.69. The highest BCUT2D eigenvalue weighted by Crippen LogP contribution is 2.15. The molecule has 0 aromatic heterocycles. The number of carbonyl (C=O) groups excluding carboxylic acids is 1. The van der Waals surface area contributed by atoms with E-state index in [2.05, 4.69) is 11.8 Å². The van der Waals surface area contributed by atoms with Crippen LogP contribution in [0.25, 0.3) is 0 Å². The zero-order valence-corrected chi connectivity index (χ0v) is 8.80. The molecule has 2 amide bonds. The number of benzene rings is 1. The third kappa shape index (κ3) is 2.91. The van der Waals surface area contributed by atoms with E-state index in [1.54, 1.807) is 30.3 Å². The Bertz CT molecular complexity index is 387. The van der Waals surface area contributed by atoms with Gasteiger partial charge in [-0.2, -0.15) is 4.91 Å². The molecule has 16 heavy (non-hydrogen) atoms. The van der Waals surface area contributed by atoms with Crippen molar-refractivity contribution < 1.29 is 4.79 Å². The molecule has 0 aliphatic heterocycles. The highest BCUT2D eigenvalue weighted by Gasteiger charge is 2.09. The van der Waals surface area contributed by atoms with Crippen molar-refractivity contribution in [1.29, 1.82) is 0 Å². The monoisotopic (exact) mass is 219 g/mol. The van der Waals surface area contributed by atoms with Crippen LogP contribution in [0.2, 0.25) is 0 Å².